The van der Waals surface area contributed by atoms with E-state index in [0.717, 1.165) is 6.20 Å². The van der Waals surface area contributed by atoms with Gasteiger partial charge < -0.3 is 5.11 Å². The van der Waals surface area contributed by atoms with E-state index in [0.29, 0.717) is 6.42 Å². The molecule has 1 aromatic rings. The summed E-state index contributed by atoms with van der Waals surface area (Å²) in [5, 5.41) is 12.6. The minimum Gasteiger partial charge on any atom is -0.478 e. The summed E-state index contributed by atoms with van der Waals surface area (Å²) in [6.45, 7) is 0. The highest BCUT2D eigenvalue weighted by atomic mass is 35.5. The molecule has 1 aromatic heterocycles. The number of carbonyl (C=O) groups is 1. The first-order valence-corrected chi connectivity index (χ1v) is 6.77. The van der Waals surface area contributed by atoms with Gasteiger partial charge in [-0.2, -0.15) is 5.10 Å². The highest BCUT2D eigenvalue weighted by Gasteiger charge is 2.31. The van der Waals surface area contributed by atoms with Crippen molar-refractivity contribution in [2.75, 3.05) is 11.5 Å². The highest BCUT2D eigenvalue weighted by Crippen LogP contribution is 2.27. The van der Waals surface area contributed by atoms with Gasteiger partial charge in [0.1, 0.15) is 10.7 Å². The first-order valence-electron chi connectivity index (χ1n) is 4.57. The molecule has 1 aliphatic heterocycles. The Morgan fingerprint density at radius 3 is 2.75 bits per heavy atom. The molecular formula is C8H9ClN2O4S. The van der Waals surface area contributed by atoms with E-state index in [1.807, 2.05) is 0 Å². The molecule has 1 atom stereocenters. The topological polar surface area (TPSA) is 89.3 Å². The van der Waals surface area contributed by atoms with Crippen LogP contribution in [0.1, 0.15) is 22.8 Å². The summed E-state index contributed by atoms with van der Waals surface area (Å²) in [5.74, 6) is -1.11. The summed E-state index contributed by atoms with van der Waals surface area (Å²) in [7, 11) is -3.04. The smallest absolute Gasteiger partial charge is 0.340 e. The second-order valence-corrected chi connectivity index (χ2v) is 6.24. The molecule has 0 aliphatic carbocycles. The molecular weight excluding hydrogens is 256 g/mol. The average molecular weight is 265 g/mol. The standard InChI is InChI=1S/C8H9ClN2O4S/c9-7-6(8(12)13)3-10-11(7)5-1-2-16(14,15)4-5/h3,5H,1-2,4H2,(H,12,13). The van der Waals surface area contributed by atoms with Crippen LogP contribution in [0, 0.1) is 0 Å². The predicted molar refractivity (Wildman–Crippen MR) is 56.5 cm³/mol. The third-order valence-corrected chi connectivity index (χ3v) is 4.65. The van der Waals surface area contributed by atoms with Gasteiger partial charge in [-0.05, 0) is 6.42 Å². The molecule has 1 fully saturated rings. The van der Waals surface area contributed by atoms with Gasteiger partial charge in [0.05, 0.1) is 23.7 Å². The Balaban J connectivity index is 2.33. The lowest BCUT2D eigenvalue weighted by Crippen LogP contribution is -2.12. The minimum absolute atomic E-state index is 0.0189. The Labute approximate surface area is 96.7 Å². The monoisotopic (exact) mass is 264 g/mol. The summed E-state index contributed by atoms with van der Waals surface area (Å²) in [6, 6.07) is -0.356. The lowest BCUT2D eigenvalue weighted by atomic mass is 10.3. The largest absolute Gasteiger partial charge is 0.478 e. The molecule has 2 rings (SSSR count). The van der Waals surface area contributed by atoms with Gasteiger partial charge in [-0.15, -0.1) is 0 Å². The first-order chi connectivity index (χ1) is 7.41. The zero-order valence-corrected chi connectivity index (χ0v) is 9.70. The van der Waals surface area contributed by atoms with Gasteiger partial charge in [-0.25, -0.2) is 17.9 Å². The summed E-state index contributed by atoms with van der Waals surface area (Å²) < 4.78 is 23.8. The average Bonchev–Trinajstić information content (AvgIpc) is 2.69. The second-order valence-electron chi connectivity index (χ2n) is 3.66. The first kappa shape index (κ1) is 11.4. The molecule has 0 spiro atoms. The Bertz CT molecular complexity index is 536. The molecule has 0 bridgehead atoms. The van der Waals surface area contributed by atoms with Gasteiger partial charge in [0, 0.05) is 0 Å². The van der Waals surface area contributed by atoms with Gasteiger partial charge in [-0.3, -0.25) is 0 Å². The zero-order valence-electron chi connectivity index (χ0n) is 8.13. The molecule has 0 amide bonds. The number of hydrogen-bond acceptors (Lipinski definition) is 4. The van der Waals surface area contributed by atoms with Crippen molar-refractivity contribution in [1.29, 1.82) is 0 Å². The van der Waals surface area contributed by atoms with E-state index in [1.165, 1.54) is 4.68 Å². The molecule has 8 heteroatoms. The van der Waals surface area contributed by atoms with Gasteiger partial charge in [-0.1, -0.05) is 11.6 Å². The van der Waals surface area contributed by atoms with Gasteiger partial charge in [0.2, 0.25) is 0 Å². The zero-order chi connectivity index (χ0) is 11.9. The van der Waals surface area contributed by atoms with Crippen molar-refractivity contribution < 1.29 is 18.3 Å². The molecule has 1 aliphatic rings. The van der Waals surface area contributed by atoms with Crippen LogP contribution in [0.4, 0.5) is 0 Å². The summed E-state index contributed by atoms with van der Waals surface area (Å²) >= 11 is 5.82. The summed E-state index contributed by atoms with van der Waals surface area (Å²) in [6.07, 6.45) is 1.55. The van der Waals surface area contributed by atoms with E-state index >= 15 is 0 Å². The fraction of sp³-hybridized carbons (Fsp3) is 0.500. The number of halogens is 1. The maximum atomic E-state index is 11.3. The van der Waals surface area contributed by atoms with E-state index in [-0.39, 0.29) is 28.3 Å². The van der Waals surface area contributed by atoms with E-state index in [4.69, 9.17) is 16.7 Å². The number of hydrogen-bond donors (Lipinski definition) is 1. The van der Waals surface area contributed by atoms with E-state index in [9.17, 15) is 13.2 Å². The van der Waals surface area contributed by atoms with E-state index in [2.05, 4.69) is 5.10 Å². The lowest BCUT2D eigenvalue weighted by Gasteiger charge is -2.09. The molecule has 88 valence electrons. The number of sulfone groups is 1. The van der Waals surface area contributed by atoms with Crippen LogP contribution in [0.2, 0.25) is 5.15 Å². The van der Waals surface area contributed by atoms with Crippen LogP contribution >= 0.6 is 11.6 Å². The van der Waals surface area contributed by atoms with Crippen molar-refractivity contribution in [2.24, 2.45) is 0 Å². The number of carboxylic acid groups (broad SMARTS) is 1. The van der Waals surface area contributed by atoms with Crippen LogP contribution < -0.4 is 0 Å². The highest BCUT2D eigenvalue weighted by molar-refractivity contribution is 7.91. The number of aromatic carboxylic acids is 1. The van der Waals surface area contributed by atoms with Gasteiger partial charge in [0.15, 0.2) is 9.84 Å². The number of aromatic nitrogens is 2. The van der Waals surface area contributed by atoms with Crippen molar-refractivity contribution in [3.8, 4) is 0 Å². The minimum atomic E-state index is -3.04. The van der Waals surface area contributed by atoms with Crippen LogP contribution in [-0.4, -0.2) is 40.8 Å². The maximum absolute atomic E-state index is 11.3. The Kier molecular flexibility index (Phi) is 2.67. The lowest BCUT2D eigenvalue weighted by molar-refractivity contribution is 0.0697. The molecule has 0 aromatic carbocycles. The van der Waals surface area contributed by atoms with Crippen molar-refractivity contribution in [3.05, 3.63) is 16.9 Å². The van der Waals surface area contributed by atoms with Gasteiger partial charge in [0.25, 0.3) is 0 Å². The molecule has 6 nitrogen and oxygen atoms in total. The third kappa shape index (κ3) is 1.92. The van der Waals surface area contributed by atoms with E-state index in [1.54, 1.807) is 0 Å². The summed E-state index contributed by atoms with van der Waals surface area (Å²) in [4.78, 5) is 10.7. The van der Waals surface area contributed by atoms with Crippen LogP contribution in [-0.2, 0) is 9.84 Å². The molecule has 2 heterocycles. The Morgan fingerprint density at radius 1 is 1.62 bits per heavy atom. The summed E-state index contributed by atoms with van der Waals surface area (Å²) in [5.41, 5.74) is -0.106. The number of nitrogens with zero attached hydrogens (tertiary/aromatic N) is 2. The third-order valence-electron chi connectivity index (χ3n) is 2.52. The SMILES string of the molecule is O=C(O)c1cnn(C2CCS(=O)(=O)C2)c1Cl. The van der Waals surface area contributed by atoms with E-state index < -0.39 is 15.8 Å². The fourth-order valence-corrected chi connectivity index (χ4v) is 3.72. The van der Waals surface area contributed by atoms with Crippen molar-refractivity contribution in [1.82, 2.24) is 9.78 Å². The Hall–Kier alpha value is -1.08. The molecule has 1 saturated heterocycles. The number of rotatable bonds is 2. The van der Waals surface area contributed by atoms with Crippen molar-refractivity contribution >= 4 is 27.4 Å². The molecule has 1 N–H and O–H groups in total. The maximum Gasteiger partial charge on any atom is 0.340 e. The molecule has 0 radical (unpaired) electrons. The number of carboxylic acids is 1. The normalized spacial score (nSPS) is 23.4. The second kappa shape index (κ2) is 3.74. The van der Waals surface area contributed by atoms with Gasteiger partial charge >= 0.3 is 5.97 Å². The van der Waals surface area contributed by atoms with Crippen LogP contribution in [0.25, 0.3) is 0 Å². The van der Waals surface area contributed by atoms with Crippen molar-refractivity contribution in [2.45, 2.75) is 12.5 Å². The fourth-order valence-electron chi connectivity index (χ4n) is 1.71. The Morgan fingerprint density at radius 2 is 2.31 bits per heavy atom. The quantitative estimate of drug-likeness (QED) is 0.845. The van der Waals surface area contributed by atoms with Crippen LogP contribution in [0.5, 0.6) is 0 Å². The predicted octanol–water partition coefficient (Wildman–Crippen LogP) is 0.594. The molecule has 1 unspecified atom stereocenters. The van der Waals surface area contributed by atoms with Crippen LogP contribution in [0.3, 0.4) is 0 Å². The molecule has 0 saturated carbocycles. The van der Waals surface area contributed by atoms with Crippen molar-refractivity contribution in [3.63, 3.8) is 0 Å². The van der Waals surface area contributed by atoms with Crippen LogP contribution in [0.15, 0.2) is 6.20 Å². The molecule has 16 heavy (non-hydrogen) atoms.